The van der Waals surface area contributed by atoms with Gasteiger partial charge in [-0.15, -0.1) is 0 Å². The van der Waals surface area contributed by atoms with E-state index in [-0.39, 0.29) is 11.2 Å². The van der Waals surface area contributed by atoms with Crippen LogP contribution in [-0.4, -0.2) is 5.78 Å². The zero-order valence-corrected chi connectivity index (χ0v) is 11.8. The molecule has 20 heavy (non-hydrogen) atoms. The summed E-state index contributed by atoms with van der Waals surface area (Å²) in [5, 5.41) is 0. The highest BCUT2D eigenvalue weighted by Gasteiger charge is 2.53. The highest BCUT2D eigenvalue weighted by Crippen LogP contribution is 2.60. The van der Waals surface area contributed by atoms with Crippen LogP contribution in [0, 0.1) is 29.0 Å². The van der Waals surface area contributed by atoms with Crippen LogP contribution in [0.5, 0.6) is 0 Å². The number of ketones is 1. The minimum atomic E-state index is -0.235. The second kappa shape index (κ2) is 4.41. The number of benzene rings is 1. The molecule has 2 heteroatoms. The van der Waals surface area contributed by atoms with Gasteiger partial charge < -0.3 is 0 Å². The number of Topliss-reactive ketones (excluding diaryl/α,β-unsaturated/α-hetero) is 1. The van der Waals surface area contributed by atoms with Gasteiger partial charge in [-0.3, -0.25) is 4.79 Å². The van der Waals surface area contributed by atoms with Gasteiger partial charge in [0.15, 0.2) is 0 Å². The third kappa shape index (κ3) is 2.01. The van der Waals surface area contributed by atoms with E-state index in [1.165, 1.54) is 31.4 Å². The molecule has 0 unspecified atom stereocenters. The van der Waals surface area contributed by atoms with Crippen molar-refractivity contribution in [2.24, 2.45) is 23.2 Å². The van der Waals surface area contributed by atoms with Crippen molar-refractivity contribution in [2.45, 2.75) is 44.9 Å². The maximum atomic E-state index is 13.3. The third-order valence-corrected chi connectivity index (χ3v) is 5.88. The Hall–Kier alpha value is -1.18. The van der Waals surface area contributed by atoms with Crippen LogP contribution in [0.4, 0.5) is 4.39 Å². The molecule has 0 heterocycles. The number of carbonyl (C=O) groups is 1. The first-order valence-corrected chi connectivity index (χ1v) is 7.91. The van der Waals surface area contributed by atoms with Gasteiger partial charge in [0, 0.05) is 11.8 Å². The largest absolute Gasteiger partial charge is 0.299 e. The van der Waals surface area contributed by atoms with E-state index < -0.39 is 0 Å². The van der Waals surface area contributed by atoms with Crippen LogP contribution in [-0.2, 0) is 11.2 Å². The van der Waals surface area contributed by atoms with E-state index in [1.807, 2.05) is 6.07 Å². The summed E-state index contributed by atoms with van der Waals surface area (Å²) in [7, 11) is 0. The van der Waals surface area contributed by atoms with Crippen LogP contribution in [0.25, 0.3) is 0 Å². The lowest BCUT2D eigenvalue weighted by Crippen LogP contribution is -2.50. The average Bonchev–Trinajstić information content (AvgIpc) is 2.37. The molecular weight excluding hydrogens is 251 g/mol. The molecule has 0 saturated heterocycles. The Kier molecular flexibility index (Phi) is 2.77. The van der Waals surface area contributed by atoms with E-state index >= 15 is 0 Å². The fourth-order valence-electron chi connectivity index (χ4n) is 5.47. The molecule has 106 valence electrons. The molecule has 0 spiro atoms. The lowest BCUT2D eigenvalue weighted by molar-refractivity contribution is -0.143. The van der Waals surface area contributed by atoms with E-state index in [9.17, 15) is 9.18 Å². The zero-order valence-electron chi connectivity index (χ0n) is 11.8. The van der Waals surface area contributed by atoms with Gasteiger partial charge in [-0.1, -0.05) is 12.1 Å². The predicted octanol–water partition coefficient (Wildman–Crippen LogP) is 4.15. The van der Waals surface area contributed by atoms with Crippen LogP contribution < -0.4 is 0 Å². The van der Waals surface area contributed by atoms with E-state index in [1.54, 1.807) is 6.07 Å². The minimum Gasteiger partial charge on any atom is -0.299 e. The maximum absolute atomic E-state index is 13.3. The van der Waals surface area contributed by atoms with E-state index in [0.717, 1.165) is 42.6 Å². The van der Waals surface area contributed by atoms with Crippen LogP contribution in [0.3, 0.4) is 0 Å². The normalized spacial score (nSPS) is 38.1. The Morgan fingerprint density at radius 3 is 2.25 bits per heavy atom. The summed E-state index contributed by atoms with van der Waals surface area (Å²) in [4.78, 5) is 12.9. The van der Waals surface area contributed by atoms with Crippen molar-refractivity contribution >= 4 is 5.78 Å². The molecule has 0 aliphatic heterocycles. The Labute approximate surface area is 119 Å². The third-order valence-electron chi connectivity index (χ3n) is 5.88. The number of carbonyl (C=O) groups excluding carboxylic acids is 1. The van der Waals surface area contributed by atoms with Crippen molar-refractivity contribution in [3.05, 3.63) is 35.6 Å². The van der Waals surface area contributed by atoms with Gasteiger partial charge in [-0.2, -0.15) is 0 Å². The van der Waals surface area contributed by atoms with Crippen molar-refractivity contribution in [1.29, 1.82) is 0 Å². The van der Waals surface area contributed by atoms with Crippen LogP contribution >= 0.6 is 0 Å². The van der Waals surface area contributed by atoms with Crippen molar-refractivity contribution in [1.82, 2.24) is 0 Å². The molecule has 4 aliphatic carbocycles. The molecular formula is C18H21FO. The number of rotatable bonds is 3. The molecule has 1 aromatic carbocycles. The van der Waals surface area contributed by atoms with Gasteiger partial charge in [0.05, 0.1) is 0 Å². The molecule has 4 fully saturated rings. The summed E-state index contributed by atoms with van der Waals surface area (Å²) >= 11 is 0. The van der Waals surface area contributed by atoms with Gasteiger partial charge in [0.1, 0.15) is 11.6 Å². The first kappa shape index (κ1) is 12.6. The van der Waals surface area contributed by atoms with Crippen molar-refractivity contribution < 1.29 is 9.18 Å². The predicted molar refractivity (Wildman–Crippen MR) is 75.7 cm³/mol. The molecule has 4 bridgehead atoms. The van der Waals surface area contributed by atoms with Crippen molar-refractivity contribution in [3.8, 4) is 0 Å². The summed E-state index contributed by atoms with van der Waals surface area (Å²) in [5.74, 6) is 2.51. The van der Waals surface area contributed by atoms with E-state index in [0.29, 0.717) is 12.2 Å². The Balaban J connectivity index is 1.56. The highest BCUT2D eigenvalue weighted by atomic mass is 19.1. The standard InChI is InChI=1S/C18H21FO/c19-16-3-1-2-12(7-16)8-17(20)18-9-13-4-14(10-18)6-15(5-13)11-18/h1-3,7,13-15H,4-6,8-11H2. The molecule has 0 amide bonds. The Morgan fingerprint density at radius 1 is 1.10 bits per heavy atom. The molecule has 4 saturated carbocycles. The van der Waals surface area contributed by atoms with Crippen molar-refractivity contribution in [2.75, 3.05) is 0 Å². The molecule has 0 radical (unpaired) electrons. The van der Waals surface area contributed by atoms with E-state index in [4.69, 9.17) is 0 Å². The SMILES string of the molecule is O=C(Cc1cccc(F)c1)C12CC3CC(CC(C3)C1)C2. The lowest BCUT2D eigenvalue weighted by atomic mass is 9.48. The quantitative estimate of drug-likeness (QED) is 0.807. The van der Waals surface area contributed by atoms with Crippen LogP contribution in [0.15, 0.2) is 24.3 Å². The molecule has 1 nitrogen and oxygen atoms in total. The summed E-state index contributed by atoms with van der Waals surface area (Å²) in [6.07, 6.45) is 7.79. The van der Waals surface area contributed by atoms with Crippen LogP contribution in [0.2, 0.25) is 0 Å². The maximum Gasteiger partial charge on any atom is 0.143 e. The average molecular weight is 272 g/mol. The Morgan fingerprint density at radius 2 is 1.70 bits per heavy atom. The van der Waals surface area contributed by atoms with Gasteiger partial charge in [-0.05, 0) is 74.0 Å². The fourth-order valence-corrected chi connectivity index (χ4v) is 5.47. The minimum absolute atomic E-state index is 0.0545. The van der Waals surface area contributed by atoms with Gasteiger partial charge >= 0.3 is 0 Å². The molecule has 0 aromatic heterocycles. The fraction of sp³-hybridized carbons (Fsp3) is 0.611. The highest BCUT2D eigenvalue weighted by molar-refractivity contribution is 5.87. The zero-order chi connectivity index (χ0) is 13.7. The molecule has 5 rings (SSSR count). The summed E-state index contributed by atoms with van der Waals surface area (Å²) in [5.41, 5.74) is 0.784. The summed E-state index contributed by atoms with van der Waals surface area (Å²) in [6, 6.07) is 6.54. The lowest BCUT2D eigenvalue weighted by Gasteiger charge is -2.56. The molecule has 1 aromatic rings. The topological polar surface area (TPSA) is 17.1 Å². The second-order valence-electron chi connectivity index (χ2n) is 7.43. The van der Waals surface area contributed by atoms with Gasteiger partial charge in [0.2, 0.25) is 0 Å². The smallest absolute Gasteiger partial charge is 0.143 e. The van der Waals surface area contributed by atoms with Crippen LogP contribution in [0.1, 0.15) is 44.1 Å². The van der Waals surface area contributed by atoms with Gasteiger partial charge in [-0.25, -0.2) is 4.39 Å². The first-order valence-electron chi connectivity index (χ1n) is 7.91. The number of hydrogen-bond donors (Lipinski definition) is 0. The number of halogens is 1. The van der Waals surface area contributed by atoms with E-state index in [2.05, 4.69) is 0 Å². The first-order chi connectivity index (χ1) is 9.63. The molecule has 4 aliphatic rings. The second-order valence-corrected chi connectivity index (χ2v) is 7.43. The number of hydrogen-bond acceptors (Lipinski definition) is 1. The summed E-state index contributed by atoms with van der Waals surface area (Å²) < 4.78 is 13.3. The molecule has 0 N–H and O–H groups in total. The Bertz CT molecular complexity index is 513. The summed E-state index contributed by atoms with van der Waals surface area (Å²) in [6.45, 7) is 0. The van der Waals surface area contributed by atoms with Gasteiger partial charge in [0.25, 0.3) is 0 Å². The monoisotopic (exact) mass is 272 g/mol. The van der Waals surface area contributed by atoms with Crippen molar-refractivity contribution in [3.63, 3.8) is 0 Å². The molecule has 0 atom stereocenters.